The maximum atomic E-state index is 12.6. The standard InChI is InChI=1S/C20H24N4OS2/c1-5-24-19(17-7-6-10-26-17)21-22-20(24)27-13-18(25)23(4)12-16-9-8-14(2)11-15(16)3/h6-11H,5,12-13H2,1-4H3. The fraction of sp³-hybridized carbons (Fsp3) is 0.350. The molecule has 0 aliphatic heterocycles. The zero-order valence-electron chi connectivity index (χ0n) is 16.1. The normalized spacial score (nSPS) is 11.0. The van der Waals surface area contributed by atoms with Crippen molar-refractivity contribution in [1.29, 1.82) is 0 Å². The van der Waals surface area contributed by atoms with Crippen LogP contribution in [0.3, 0.4) is 0 Å². The highest BCUT2D eigenvalue weighted by molar-refractivity contribution is 7.99. The number of rotatable bonds is 7. The number of aromatic nitrogens is 3. The average Bonchev–Trinajstić information content (AvgIpc) is 3.30. The van der Waals surface area contributed by atoms with E-state index in [1.807, 2.05) is 24.6 Å². The molecule has 3 aromatic rings. The van der Waals surface area contributed by atoms with Crippen LogP contribution in [-0.4, -0.2) is 38.4 Å². The topological polar surface area (TPSA) is 51.0 Å². The van der Waals surface area contributed by atoms with E-state index in [1.165, 1.54) is 28.5 Å². The Morgan fingerprint density at radius 2 is 2.07 bits per heavy atom. The predicted octanol–water partition coefficient (Wildman–Crippen LogP) is 4.39. The average molecular weight is 401 g/mol. The van der Waals surface area contributed by atoms with Crippen LogP contribution < -0.4 is 0 Å². The second-order valence-electron chi connectivity index (χ2n) is 6.50. The lowest BCUT2D eigenvalue weighted by Gasteiger charge is -2.18. The molecule has 0 N–H and O–H groups in total. The van der Waals surface area contributed by atoms with Crippen LogP contribution in [0.15, 0.2) is 40.9 Å². The van der Waals surface area contributed by atoms with Gasteiger partial charge in [-0.3, -0.25) is 4.79 Å². The molecule has 0 spiro atoms. The van der Waals surface area contributed by atoms with E-state index >= 15 is 0 Å². The van der Waals surface area contributed by atoms with Crippen molar-refractivity contribution in [3.8, 4) is 10.7 Å². The zero-order chi connectivity index (χ0) is 19.4. The first-order valence-corrected chi connectivity index (χ1v) is 10.8. The van der Waals surface area contributed by atoms with Crippen molar-refractivity contribution >= 4 is 29.0 Å². The Balaban J connectivity index is 1.63. The fourth-order valence-electron chi connectivity index (χ4n) is 2.87. The number of nitrogens with zero attached hydrogens (tertiary/aromatic N) is 4. The number of thioether (sulfide) groups is 1. The van der Waals surface area contributed by atoms with E-state index in [-0.39, 0.29) is 5.91 Å². The van der Waals surface area contributed by atoms with Gasteiger partial charge in [-0.15, -0.1) is 21.5 Å². The summed E-state index contributed by atoms with van der Waals surface area (Å²) in [5.74, 6) is 1.30. The second-order valence-corrected chi connectivity index (χ2v) is 8.39. The summed E-state index contributed by atoms with van der Waals surface area (Å²) in [7, 11) is 1.85. The summed E-state index contributed by atoms with van der Waals surface area (Å²) in [6, 6.07) is 10.4. The Morgan fingerprint density at radius 3 is 2.74 bits per heavy atom. The van der Waals surface area contributed by atoms with Crippen molar-refractivity contribution in [3.63, 3.8) is 0 Å². The van der Waals surface area contributed by atoms with Crippen LogP contribution in [-0.2, 0) is 17.9 Å². The molecule has 0 saturated carbocycles. The zero-order valence-corrected chi connectivity index (χ0v) is 17.7. The van der Waals surface area contributed by atoms with Crippen LogP contribution in [0.2, 0.25) is 0 Å². The van der Waals surface area contributed by atoms with Gasteiger partial charge in [-0.1, -0.05) is 41.6 Å². The van der Waals surface area contributed by atoms with Crippen LogP contribution in [0, 0.1) is 13.8 Å². The SMILES string of the molecule is CCn1c(SCC(=O)N(C)Cc2ccc(C)cc2C)nnc1-c1cccs1. The maximum absolute atomic E-state index is 12.6. The molecule has 0 aliphatic rings. The van der Waals surface area contributed by atoms with Crippen LogP contribution in [0.1, 0.15) is 23.6 Å². The van der Waals surface area contributed by atoms with Crippen LogP contribution in [0.4, 0.5) is 0 Å². The van der Waals surface area contributed by atoms with Gasteiger partial charge < -0.3 is 9.47 Å². The van der Waals surface area contributed by atoms with Crippen molar-refractivity contribution in [1.82, 2.24) is 19.7 Å². The molecule has 0 bridgehead atoms. The minimum Gasteiger partial charge on any atom is -0.341 e. The molecule has 1 aromatic carbocycles. The summed E-state index contributed by atoms with van der Waals surface area (Å²) in [6.07, 6.45) is 0. The van der Waals surface area contributed by atoms with Crippen molar-refractivity contribution in [2.24, 2.45) is 0 Å². The number of benzene rings is 1. The largest absolute Gasteiger partial charge is 0.341 e. The molecular weight excluding hydrogens is 376 g/mol. The van der Waals surface area contributed by atoms with Gasteiger partial charge in [0.25, 0.3) is 0 Å². The van der Waals surface area contributed by atoms with Gasteiger partial charge in [-0.2, -0.15) is 0 Å². The Hall–Kier alpha value is -2.12. The van der Waals surface area contributed by atoms with Crippen molar-refractivity contribution in [3.05, 3.63) is 52.4 Å². The van der Waals surface area contributed by atoms with E-state index in [4.69, 9.17) is 0 Å². The summed E-state index contributed by atoms with van der Waals surface area (Å²) in [5.41, 5.74) is 3.63. The maximum Gasteiger partial charge on any atom is 0.233 e. The Kier molecular flexibility index (Phi) is 6.34. The number of hydrogen-bond donors (Lipinski definition) is 0. The van der Waals surface area contributed by atoms with Crippen LogP contribution in [0.5, 0.6) is 0 Å². The third-order valence-corrected chi connectivity index (χ3v) is 6.25. The molecule has 2 heterocycles. The second kappa shape index (κ2) is 8.71. The first kappa shape index (κ1) is 19.6. The van der Waals surface area contributed by atoms with Crippen molar-refractivity contribution in [2.75, 3.05) is 12.8 Å². The number of amides is 1. The van der Waals surface area contributed by atoms with Gasteiger partial charge in [0, 0.05) is 20.1 Å². The van der Waals surface area contributed by atoms with Gasteiger partial charge in [0.15, 0.2) is 11.0 Å². The molecule has 0 saturated heterocycles. The monoisotopic (exact) mass is 400 g/mol. The molecule has 0 radical (unpaired) electrons. The van der Waals surface area contributed by atoms with Crippen molar-refractivity contribution in [2.45, 2.75) is 39.0 Å². The Bertz CT molecular complexity index is 918. The highest BCUT2D eigenvalue weighted by atomic mass is 32.2. The molecule has 5 nitrogen and oxygen atoms in total. The van der Waals surface area contributed by atoms with E-state index in [0.29, 0.717) is 12.3 Å². The van der Waals surface area contributed by atoms with Gasteiger partial charge in [0.1, 0.15) is 0 Å². The van der Waals surface area contributed by atoms with Gasteiger partial charge >= 0.3 is 0 Å². The fourth-order valence-corrected chi connectivity index (χ4v) is 4.53. The molecule has 0 unspecified atom stereocenters. The smallest absolute Gasteiger partial charge is 0.233 e. The molecule has 1 amide bonds. The number of carbonyl (C=O) groups is 1. The molecule has 3 rings (SSSR count). The van der Waals surface area contributed by atoms with Gasteiger partial charge in [0.2, 0.25) is 5.91 Å². The van der Waals surface area contributed by atoms with E-state index in [1.54, 1.807) is 16.2 Å². The number of carbonyl (C=O) groups excluding carboxylic acids is 1. The summed E-state index contributed by atoms with van der Waals surface area (Å²) in [6.45, 7) is 7.63. The predicted molar refractivity (Wildman–Crippen MR) is 112 cm³/mol. The summed E-state index contributed by atoms with van der Waals surface area (Å²) in [5, 5.41) is 11.4. The van der Waals surface area contributed by atoms with Crippen molar-refractivity contribution < 1.29 is 4.79 Å². The molecule has 7 heteroatoms. The van der Waals surface area contributed by atoms with Gasteiger partial charge in [-0.05, 0) is 43.3 Å². The number of aryl methyl sites for hydroxylation is 2. The minimum atomic E-state index is 0.0864. The molecule has 0 aliphatic carbocycles. The summed E-state index contributed by atoms with van der Waals surface area (Å²) >= 11 is 3.09. The highest BCUT2D eigenvalue weighted by Crippen LogP contribution is 2.27. The molecular formula is C20H24N4OS2. The van der Waals surface area contributed by atoms with E-state index < -0.39 is 0 Å². The number of thiophene rings is 1. The number of hydrogen-bond acceptors (Lipinski definition) is 5. The molecule has 0 fully saturated rings. The lowest BCUT2D eigenvalue weighted by molar-refractivity contribution is -0.127. The first-order chi connectivity index (χ1) is 13.0. The Morgan fingerprint density at radius 1 is 1.26 bits per heavy atom. The lowest BCUT2D eigenvalue weighted by Crippen LogP contribution is -2.28. The van der Waals surface area contributed by atoms with E-state index in [2.05, 4.69) is 53.7 Å². The third-order valence-electron chi connectivity index (χ3n) is 4.43. The highest BCUT2D eigenvalue weighted by Gasteiger charge is 2.17. The van der Waals surface area contributed by atoms with Gasteiger partial charge in [0.05, 0.1) is 10.6 Å². The first-order valence-electron chi connectivity index (χ1n) is 8.89. The van der Waals surface area contributed by atoms with Crippen LogP contribution in [0.25, 0.3) is 10.7 Å². The summed E-state index contributed by atoms with van der Waals surface area (Å²) < 4.78 is 2.06. The van der Waals surface area contributed by atoms with Crippen LogP contribution >= 0.6 is 23.1 Å². The lowest BCUT2D eigenvalue weighted by atomic mass is 10.1. The molecule has 27 heavy (non-hydrogen) atoms. The Labute approximate surface area is 168 Å². The molecule has 2 aromatic heterocycles. The van der Waals surface area contributed by atoms with Gasteiger partial charge in [-0.25, -0.2) is 0 Å². The van der Waals surface area contributed by atoms with E-state index in [0.717, 1.165) is 22.4 Å². The molecule has 142 valence electrons. The molecule has 0 atom stereocenters. The summed E-state index contributed by atoms with van der Waals surface area (Å²) in [4.78, 5) is 15.5. The minimum absolute atomic E-state index is 0.0864. The van der Waals surface area contributed by atoms with E-state index in [9.17, 15) is 4.79 Å². The quantitative estimate of drug-likeness (QED) is 0.552. The third kappa shape index (κ3) is 4.59.